The standard InChI is InChI=1S/C31H33NO5/c1-21(2)17-19-37-25-15-14-24(20-26(25)36-3)28-27(29(33)23-12-8-5-9-13-23)30(34)31(35)32(28)18-16-22-10-6-4-7-11-22/h4-15,20-21,28,33H,16-19H2,1-3H3/t28-/m0/s1. The quantitative estimate of drug-likeness (QED) is 0.217. The maximum absolute atomic E-state index is 13.3. The summed E-state index contributed by atoms with van der Waals surface area (Å²) in [6.07, 6.45) is 1.48. The summed E-state index contributed by atoms with van der Waals surface area (Å²) >= 11 is 0. The van der Waals surface area contributed by atoms with Gasteiger partial charge in [0.05, 0.1) is 25.3 Å². The van der Waals surface area contributed by atoms with Crippen LogP contribution in [0.2, 0.25) is 0 Å². The molecule has 0 aromatic heterocycles. The van der Waals surface area contributed by atoms with Crippen molar-refractivity contribution in [2.24, 2.45) is 5.92 Å². The molecule has 0 radical (unpaired) electrons. The molecular weight excluding hydrogens is 466 g/mol. The fourth-order valence-corrected chi connectivity index (χ4v) is 4.48. The van der Waals surface area contributed by atoms with E-state index in [9.17, 15) is 14.7 Å². The zero-order chi connectivity index (χ0) is 26.4. The molecule has 1 saturated heterocycles. The van der Waals surface area contributed by atoms with E-state index in [0.29, 0.717) is 48.1 Å². The second-order valence-electron chi connectivity index (χ2n) is 9.54. The number of aliphatic hydroxyl groups excluding tert-OH is 1. The molecule has 6 heteroatoms. The molecule has 6 nitrogen and oxygen atoms in total. The molecule has 1 aliphatic heterocycles. The van der Waals surface area contributed by atoms with Gasteiger partial charge in [0, 0.05) is 12.1 Å². The highest BCUT2D eigenvalue weighted by molar-refractivity contribution is 6.46. The molecule has 0 bridgehead atoms. The van der Waals surface area contributed by atoms with Gasteiger partial charge < -0.3 is 19.5 Å². The van der Waals surface area contributed by atoms with Crippen molar-refractivity contribution >= 4 is 17.4 Å². The lowest BCUT2D eigenvalue weighted by molar-refractivity contribution is -0.139. The maximum atomic E-state index is 13.3. The summed E-state index contributed by atoms with van der Waals surface area (Å²) < 4.78 is 11.6. The van der Waals surface area contributed by atoms with Crippen LogP contribution in [0, 0.1) is 5.92 Å². The lowest BCUT2D eigenvalue weighted by atomic mass is 9.95. The van der Waals surface area contributed by atoms with E-state index in [1.54, 1.807) is 43.5 Å². The van der Waals surface area contributed by atoms with Crippen LogP contribution in [-0.4, -0.2) is 42.0 Å². The van der Waals surface area contributed by atoms with Gasteiger partial charge in [-0.2, -0.15) is 0 Å². The van der Waals surface area contributed by atoms with Gasteiger partial charge >= 0.3 is 0 Å². The zero-order valence-corrected chi connectivity index (χ0v) is 21.5. The van der Waals surface area contributed by atoms with E-state index >= 15 is 0 Å². The average Bonchev–Trinajstić information content (AvgIpc) is 3.17. The minimum Gasteiger partial charge on any atom is -0.507 e. The van der Waals surface area contributed by atoms with Crippen LogP contribution >= 0.6 is 0 Å². The van der Waals surface area contributed by atoms with Crippen molar-refractivity contribution in [3.63, 3.8) is 0 Å². The Morgan fingerprint density at radius 2 is 1.62 bits per heavy atom. The van der Waals surface area contributed by atoms with Gasteiger partial charge in [0.2, 0.25) is 0 Å². The van der Waals surface area contributed by atoms with Gasteiger partial charge in [0.25, 0.3) is 11.7 Å². The number of Topliss-reactive ketones (excluding diaryl/α,β-unsaturated/α-hetero) is 1. The number of likely N-dealkylation sites (tertiary alicyclic amines) is 1. The van der Waals surface area contributed by atoms with Gasteiger partial charge in [-0.25, -0.2) is 0 Å². The van der Waals surface area contributed by atoms with E-state index in [-0.39, 0.29) is 11.3 Å². The smallest absolute Gasteiger partial charge is 0.295 e. The molecule has 0 saturated carbocycles. The third-order valence-corrected chi connectivity index (χ3v) is 6.53. The molecular formula is C31H33NO5. The zero-order valence-electron chi connectivity index (χ0n) is 21.5. The summed E-state index contributed by atoms with van der Waals surface area (Å²) in [5.74, 6) is 0.0890. The molecule has 3 aromatic carbocycles. The van der Waals surface area contributed by atoms with Crippen LogP contribution in [0.25, 0.3) is 5.76 Å². The Morgan fingerprint density at radius 1 is 0.946 bits per heavy atom. The van der Waals surface area contributed by atoms with Crippen molar-refractivity contribution in [1.82, 2.24) is 4.90 Å². The van der Waals surface area contributed by atoms with Gasteiger partial charge in [-0.05, 0) is 42.0 Å². The first-order valence-corrected chi connectivity index (χ1v) is 12.6. The number of ether oxygens (including phenoxy) is 2. The largest absolute Gasteiger partial charge is 0.507 e. The first-order valence-electron chi connectivity index (χ1n) is 12.6. The number of amides is 1. The molecule has 37 heavy (non-hydrogen) atoms. The van der Waals surface area contributed by atoms with Crippen LogP contribution < -0.4 is 9.47 Å². The van der Waals surface area contributed by atoms with Crippen LogP contribution in [0.4, 0.5) is 0 Å². The fraction of sp³-hybridized carbons (Fsp3) is 0.290. The summed E-state index contributed by atoms with van der Waals surface area (Å²) in [6, 6.07) is 23.3. The summed E-state index contributed by atoms with van der Waals surface area (Å²) in [7, 11) is 1.56. The van der Waals surface area contributed by atoms with E-state index in [4.69, 9.17) is 9.47 Å². The van der Waals surface area contributed by atoms with Gasteiger partial charge in [0.1, 0.15) is 5.76 Å². The van der Waals surface area contributed by atoms with Crippen LogP contribution in [0.5, 0.6) is 11.5 Å². The number of carbonyl (C=O) groups excluding carboxylic acids is 2. The Bertz CT molecular complexity index is 1270. The number of carbonyl (C=O) groups is 2. The molecule has 1 amide bonds. The lowest BCUT2D eigenvalue weighted by Crippen LogP contribution is -2.31. The fourth-order valence-electron chi connectivity index (χ4n) is 4.48. The molecule has 1 atom stereocenters. The Morgan fingerprint density at radius 3 is 2.27 bits per heavy atom. The van der Waals surface area contributed by atoms with Crippen LogP contribution in [0.3, 0.4) is 0 Å². The Kier molecular flexibility index (Phi) is 8.29. The third-order valence-electron chi connectivity index (χ3n) is 6.53. The summed E-state index contributed by atoms with van der Waals surface area (Å²) in [5.41, 5.74) is 2.27. The second-order valence-corrected chi connectivity index (χ2v) is 9.54. The highest BCUT2D eigenvalue weighted by Gasteiger charge is 2.46. The third kappa shape index (κ3) is 5.85. The SMILES string of the molecule is COc1cc([C@H]2C(=C(O)c3ccccc3)C(=O)C(=O)N2CCc2ccccc2)ccc1OCCC(C)C. The van der Waals surface area contributed by atoms with Crippen molar-refractivity contribution in [3.05, 3.63) is 101 Å². The van der Waals surface area contributed by atoms with Gasteiger partial charge in [-0.3, -0.25) is 9.59 Å². The molecule has 1 heterocycles. The van der Waals surface area contributed by atoms with Gasteiger partial charge in [-0.1, -0.05) is 80.6 Å². The highest BCUT2D eigenvalue weighted by Crippen LogP contribution is 2.42. The minimum atomic E-state index is -0.762. The summed E-state index contributed by atoms with van der Waals surface area (Å²) in [6.45, 7) is 5.14. The normalized spacial score (nSPS) is 16.9. The predicted molar refractivity (Wildman–Crippen MR) is 144 cm³/mol. The molecule has 1 N–H and O–H groups in total. The Labute approximate surface area is 218 Å². The van der Waals surface area contributed by atoms with Crippen LogP contribution in [0.1, 0.15) is 43.0 Å². The van der Waals surface area contributed by atoms with E-state index in [1.807, 2.05) is 42.5 Å². The summed E-state index contributed by atoms with van der Waals surface area (Å²) in [5, 5.41) is 11.2. The molecule has 192 valence electrons. The van der Waals surface area contributed by atoms with Crippen molar-refractivity contribution in [1.29, 1.82) is 0 Å². The molecule has 1 aliphatic rings. The number of aliphatic hydroxyl groups is 1. The average molecular weight is 500 g/mol. The van der Waals surface area contributed by atoms with Gasteiger partial charge in [0.15, 0.2) is 11.5 Å². The maximum Gasteiger partial charge on any atom is 0.295 e. The van der Waals surface area contributed by atoms with E-state index in [2.05, 4.69) is 13.8 Å². The number of methoxy groups -OCH3 is 1. The van der Waals surface area contributed by atoms with E-state index in [0.717, 1.165) is 12.0 Å². The topological polar surface area (TPSA) is 76.1 Å². The first kappa shape index (κ1) is 26.0. The number of benzene rings is 3. The predicted octanol–water partition coefficient (Wildman–Crippen LogP) is 5.78. The number of hydrogen-bond acceptors (Lipinski definition) is 5. The number of nitrogens with zero attached hydrogens (tertiary/aromatic N) is 1. The van der Waals surface area contributed by atoms with Crippen molar-refractivity contribution in [2.75, 3.05) is 20.3 Å². The number of ketones is 1. The van der Waals surface area contributed by atoms with Crippen molar-refractivity contribution in [3.8, 4) is 11.5 Å². The lowest BCUT2D eigenvalue weighted by Gasteiger charge is -2.26. The summed E-state index contributed by atoms with van der Waals surface area (Å²) in [4.78, 5) is 28.1. The molecule has 0 unspecified atom stereocenters. The Hall–Kier alpha value is -4.06. The highest BCUT2D eigenvalue weighted by atomic mass is 16.5. The molecule has 1 fully saturated rings. The van der Waals surface area contributed by atoms with E-state index in [1.165, 1.54) is 4.90 Å². The second kappa shape index (κ2) is 11.8. The first-order chi connectivity index (χ1) is 17.9. The molecule has 0 aliphatic carbocycles. The van der Waals surface area contributed by atoms with E-state index < -0.39 is 17.7 Å². The van der Waals surface area contributed by atoms with Crippen molar-refractivity contribution < 1.29 is 24.2 Å². The molecule has 0 spiro atoms. The monoisotopic (exact) mass is 499 g/mol. The molecule has 4 rings (SSSR count). The minimum absolute atomic E-state index is 0.0693. The number of rotatable bonds is 10. The van der Waals surface area contributed by atoms with Gasteiger partial charge in [-0.15, -0.1) is 0 Å². The van der Waals surface area contributed by atoms with Crippen LogP contribution in [0.15, 0.2) is 84.4 Å². The Balaban J connectivity index is 1.75. The van der Waals surface area contributed by atoms with Crippen molar-refractivity contribution in [2.45, 2.75) is 32.7 Å². The number of hydrogen-bond donors (Lipinski definition) is 1. The van der Waals surface area contributed by atoms with Crippen LogP contribution in [-0.2, 0) is 16.0 Å². The molecule has 3 aromatic rings.